The Bertz CT molecular complexity index is 514. The molecule has 0 aliphatic rings. The fraction of sp³-hybridized carbons (Fsp3) is 0.417. The molecule has 0 saturated carbocycles. The lowest BCUT2D eigenvalue weighted by Gasteiger charge is -2.12. The summed E-state index contributed by atoms with van der Waals surface area (Å²) in [6.45, 7) is 0.588. The first kappa shape index (κ1) is 15.9. The number of aromatic nitrogens is 1. The van der Waals surface area contributed by atoms with Crippen molar-refractivity contribution in [3.05, 3.63) is 23.4 Å². The summed E-state index contributed by atoms with van der Waals surface area (Å²) in [4.78, 5) is 25.6. The number of nitrogens with zero attached hydrogens (tertiary/aromatic N) is 1. The molecule has 0 bridgehead atoms. The molecule has 1 aromatic rings. The minimum atomic E-state index is -4.51. The normalized spacial score (nSPS) is 11.1. The van der Waals surface area contributed by atoms with Gasteiger partial charge in [-0.15, -0.1) is 0 Å². The summed E-state index contributed by atoms with van der Waals surface area (Å²) in [5.41, 5.74) is 0.281. The van der Waals surface area contributed by atoms with Crippen LogP contribution in [0.1, 0.15) is 29.8 Å². The van der Waals surface area contributed by atoms with Crippen molar-refractivity contribution < 1.29 is 32.2 Å². The zero-order valence-electron chi connectivity index (χ0n) is 10.8. The molecule has 0 fully saturated rings. The molecule has 0 amide bonds. The number of halogens is 3. The smallest absolute Gasteiger partial charge is 0.422 e. The molecule has 0 unspecified atom stereocenters. The third kappa shape index (κ3) is 5.25. The summed E-state index contributed by atoms with van der Waals surface area (Å²) in [5.74, 6) is -1.25. The number of Topliss-reactive ketones (excluding diaryl/α,β-unsaturated/α-hetero) is 1. The van der Waals surface area contributed by atoms with Crippen molar-refractivity contribution in [1.82, 2.24) is 4.98 Å². The van der Waals surface area contributed by atoms with Gasteiger partial charge in [-0.2, -0.15) is 13.2 Å². The van der Waals surface area contributed by atoms with Crippen LogP contribution in [-0.2, 0) is 16.1 Å². The molecule has 20 heavy (non-hydrogen) atoms. The monoisotopic (exact) mass is 291 g/mol. The van der Waals surface area contributed by atoms with Crippen molar-refractivity contribution in [2.24, 2.45) is 0 Å². The van der Waals surface area contributed by atoms with Gasteiger partial charge in [0.15, 0.2) is 12.4 Å². The van der Waals surface area contributed by atoms with Gasteiger partial charge in [0.25, 0.3) is 0 Å². The van der Waals surface area contributed by atoms with Gasteiger partial charge in [0.2, 0.25) is 5.88 Å². The maximum atomic E-state index is 12.1. The maximum absolute atomic E-state index is 12.1. The Labute approximate surface area is 112 Å². The largest absolute Gasteiger partial charge is 0.468 e. The molecular weight excluding hydrogens is 279 g/mol. The zero-order valence-corrected chi connectivity index (χ0v) is 10.8. The number of alkyl halides is 3. The summed E-state index contributed by atoms with van der Waals surface area (Å²) in [6, 6.07) is 1.28. The van der Waals surface area contributed by atoms with Gasteiger partial charge in [-0.1, -0.05) is 0 Å². The average molecular weight is 291 g/mol. The van der Waals surface area contributed by atoms with Crippen LogP contribution < -0.4 is 4.74 Å². The number of rotatable bonds is 5. The zero-order chi connectivity index (χ0) is 15.3. The summed E-state index contributed by atoms with van der Waals surface area (Å²) in [7, 11) is 0. The number of carbonyl (C=O) groups excluding carboxylic acids is 2. The van der Waals surface area contributed by atoms with Crippen LogP contribution in [0.3, 0.4) is 0 Å². The van der Waals surface area contributed by atoms with Crippen molar-refractivity contribution >= 4 is 11.8 Å². The van der Waals surface area contributed by atoms with Gasteiger partial charge >= 0.3 is 12.1 Å². The Balaban J connectivity index is 2.95. The second kappa shape index (κ2) is 6.36. The number of ketones is 1. The van der Waals surface area contributed by atoms with E-state index in [1.165, 1.54) is 13.0 Å². The van der Waals surface area contributed by atoms with E-state index in [2.05, 4.69) is 14.5 Å². The van der Waals surface area contributed by atoms with Gasteiger partial charge in [0.05, 0.1) is 5.56 Å². The van der Waals surface area contributed by atoms with Gasteiger partial charge in [0.1, 0.15) is 6.61 Å². The van der Waals surface area contributed by atoms with Gasteiger partial charge < -0.3 is 9.47 Å². The number of esters is 1. The first-order valence-corrected chi connectivity index (χ1v) is 5.52. The fourth-order valence-electron chi connectivity index (χ4n) is 1.25. The third-order valence-electron chi connectivity index (χ3n) is 2.14. The van der Waals surface area contributed by atoms with Crippen molar-refractivity contribution in [2.75, 3.05) is 6.61 Å². The average Bonchev–Trinajstić information content (AvgIpc) is 2.33. The van der Waals surface area contributed by atoms with Crippen LogP contribution in [0.15, 0.2) is 12.3 Å². The Morgan fingerprint density at radius 3 is 2.45 bits per heavy atom. The minimum Gasteiger partial charge on any atom is -0.468 e. The Morgan fingerprint density at radius 2 is 1.95 bits per heavy atom. The summed E-state index contributed by atoms with van der Waals surface area (Å²) in [5, 5.41) is 0. The fourth-order valence-corrected chi connectivity index (χ4v) is 1.25. The number of pyridine rings is 1. The second-order valence-corrected chi connectivity index (χ2v) is 3.93. The lowest BCUT2D eigenvalue weighted by atomic mass is 10.1. The topological polar surface area (TPSA) is 65.5 Å². The molecule has 1 heterocycles. The molecule has 0 radical (unpaired) electrons. The lowest BCUT2D eigenvalue weighted by Crippen LogP contribution is -2.20. The van der Waals surface area contributed by atoms with Crippen LogP contribution in [0.5, 0.6) is 5.88 Å². The van der Waals surface area contributed by atoms with Crippen LogP contribution in [-0.4, -0.2) is 29.5 Å². The van der Waals surface area contributed by atoms with Crippen molar-refractivity contribution in [2.45, 2.75) is 26.6 Å². The lowest BCUT2D eigenvalue weighted by molar-refractivity contribution is -0.154. The summed E-state index contributed by atoms with van der Waals surface area (Å²) < 4.78 is 45.5. The molecule has 1 rings (SSSR count). The van der Waals surface area contributed by atoms with Gasteiger partial charge in [-0.3, -0.25) is 9.59 Å². The van der Waals surface area contributed by atoms with E-state index in [1.807, 2.05) is 0 Å². The molecular formula is C12H12F3NO4. The first-order valence-electron chi connectivity index (χ1n) is 5.52. The van der Waals surface area contributed by atoms with Crippen LogP contribution in [0.4, 0.5) is 13.2 Å². The predicted molar refractivity (Wildman–Crippen MR) is 61.3 cm³/mol. The first-order chi connectivity index (χ1) is 9.19. The number of ether oxygens (including phenoxy) is 2. The molecule has 0 aliphatic heterocycles. The van der Waals surface area contributed by atoms with Crippen molar-refractivity contribution in [3.8, 4) is 5.88 Å². The van der Waals surface area contributed by atoms with Crippen molar-refractivity contribution in [1.29, 1.82) is 0 Å². The molecule has 0 saturated heterocycles. The standard InChI is InChI=1S/C12H12F3NO4/c1-7(17)9-3-10(5-19-8(2)18)11(16-4-9)20-6-12(13,14)15/h3-4H,5-6H2,1-2H3. The highest BCUT2D eigenvalue weighted by Crippen LogP contribution is 2.22. The van der Waals surface area contributed by atoms with Gasteiger partial charge in [0, 0.05) is 18.7 Å². The molecule has 0 aliphatic carbocycles. The molecule has 5 nitrogen and oxygen atoms in total. The predicted octanol–water partition coefficient (Wildman–Crippen LogP) is 2.29. The van der Waals surface area contributed by atoms with Gasteiger partial charge in [-0.05, 0) is 13.0 Å². The molecule has 8 heteroatoms. The Kier molecular flexibility index (Phi) is 5.06. The van der Waals surface area contributed by atoms with E-state index < -0.39 is 18.8 Å². The maximum Gasteiger partial charge on any atom is 0.422 e. The Morgan fingerprint density at radius 1 is 1.30 bits per heavy atom. The summed E-state index contributed by atoms with van der Waals surface area (Å²) in [6.07, 6.45) is -3.41. The van der Waals surface area contributed by atoms with E-state index in [9.17, 15) is 22.8 Å². The molecule has 110 valence electrons. The van der Waals surface area contributed by atoms with Gasteiger partial charge in [-0.25, -0.2) is 4.98 Å². The van der Waals surface area contributed by atoms with E-state index in [1.54, 1.807) is 0 Å². The number of carbonyl (C=O) groups is 2. The van der Waals surface area contributed by atoms with Crippen LogP contribution in [0.25, 0.3) is 0 Å². The Hall–Kier alpha value is -2.12. The molecule has 0 atom stereocenters. The van der Waals surface area contributed by atoms with E-state index in [4.69, 9.17) is 0 Å². The number of hydrogen-bond acceptors (Lipinski definition) is 5. The summed E-state index contributed by atoms with van der Waals surface area (Å²) >= 11 is 0. The SMILES string of the molecule is CC(=O)OCc1cc(C(C)=O)cnc1OCC(F)(F)F. The van der Waals surface area contributed by atoms with Crippen LogP contribution in [0, 0.1) is 0 Å². The third-order valence-corrected chi connectivity index (χ3v) is 2.14. The number of hydrogen-bond donors (Lipinski definition) is 0. The highest BCUT2D eigenvalue weighted by molar-refractivity contribution is 5.94. The van der Waals surface area contributed by atoms with E-state index in [0.717, 1.165) is 13.1 Å². The van der Waals surface area contributed by atoms with Crippen LogP contribution >= 0.6 is 0 Å². The van der Waals surface area contributed by atoms with E-state index >= 15 is 0 Å². The van der Waals surface area contributed by atoms with Crippen LogP contribution in [0.2, 0.25) is 0 Å². The highest BCUT2D eigenvalue weighted by atomic mass is 19.4. The van der Waals surface area contributed by atoms with Crippen molar-refractivity contribution in [3.63, 3.8) is 0 Å². The highest BCUT2D eigenvalue weighted by Gasteiger charge is 2.29. The molecule has 0 N–H and O–H groups in total. The molecule has 1 aromatic heterocycles. The second-order valence-electron chi connectivity index (χ2n) is 3.93. The molecule has 0 spiro atoms. The quantitative estimate of drug-likeness (QED) is 0.615. The van der Waals surface area contributed by atoms with E-state index in [0.29, 0.717) is 0 Å². The van der Waals surface area contributed by atoms with E-state index in [-0.39, 0.29) is 29.4 Å². The molecule has 0 aromatic carbocycles. The minimum absolute atomic E-state index is 0.0946.